The van der Waals surface area contributed by atoms with Crippen LogP contribution in [0.5, 0.6) is 0 Å². The molecule has 0 aliphatic carbocycles. The molecule has 1 atom stereocenters. The smallest absolute Gasteiger partial charge is 0.151 e. The Morgan fingerprint density at radius 2 is 2.31 bits per heavy atom. The zero-order valence-electron chi connectivity index (χ0n) is 9.27. The van der Waals surface area contributed by atoms with Crippen LogP contribution in [0.3, 0.4) is 0 Å². The van der Waals surface area contributed by atoms with Gasteiger partial charge in [-0.1, -0.05) is 11.6 Å². The summed E-state index contributed by atoms with van der Waals surface area (Å²) in [5, 5.41) is 8.36. The maximum absolute atomic E-state index is 5.71. The molecule has 88 valence electrons. The van der Waals surface area contributed by atoms with Gasteiger partial charge in [-0.15, -0.1) is 5.10 Å². The second kappa shape index (κ2) is 5.57. The number of halogens is 1. The molecule has 4 nitrogen and oxygen atoms in total. The molecule has 1 fully saturated rings. The summed E-state index contributed by atoms with van der Waals surface area (Å²) < 4.78 is 0. The van der Waals surface area contributed by atoms with Crippen LogP contribution >= 0.6 is 11.6 Å². The van der Waals surface area contributed by atoms with Crippen molar-refractivity contribution in [3.05, 3.63) is 23.0 Å². The van der Waals surface area contributed by atoms with Crippen LogP contribution in [0.2, 0.25) is 5.15 Å². The summed E-state index contributed by atoms with van der Waals surface area (Å²) in [5.74, 6) is 0.633. The van der Waals surface area contributed by atoms with Gasteiger partial charge < -0.3 is 5.73 Å². The molecule has 1 aliphatic rings. The first-order chi connectivity index (χ1) is 7.78. The van der Waals surface area contributed by atoms with E-state index in [-0.39, 0.29) is 0 Å². The minimum absolute atomic E-state index is 0.447. The predicted molar refractivity (Wildman–Crippen MR) is 64.1 cm³/mol. The van der Waals surface area contributed by atoms with E-state index in [0.29, 0.717) is 11.1 Å². The highest BCUT2D eigenvalue weighted by molar-refractivity contribution is 6.29. The second-order valence-electron chi connectivity index (χ2n) is 4.33. The maximum Gasteiger partial charge on any atom is 0.151 e. The molecule has 0 bridgehead atoms. The number of hydrogen-bond acceptors (Lipinski definition) is 4. The lowest BCUT2D eigenvalue weighted by atomic mass is 9.98. The van der Waals surface area contributed by atoms with Gasteiger partial charge in [-0.3, -0.25) is 4.90 Å². The number of piperidine rings is 1. The predicted octanol–water partition coefficient (Wildman–Crippen LogP) is 1.30. The Morgan fingerprint density at radius 3 is 3.00 bits per heavy atom. The first-order valence-corrected chi connectivity index (χ1v) is 6.06. The normalized spacial score (nSPS) is 22.2. The summed E-state index contributed by atoms with van der Waals surface area (Å²) in [6.45, 7) is 3.82. The highest BCUT2D eigenvalue weighted by Crippen LogP contribution is 2.17. The minimum Gasteiger partial charge on any atom is -0.330 e. The van der Waals surface area contributed by atoms with Crippen LogP contribution in [0.4, 0.5) is 0 Å². The Morgan fingerprint density at radius 1 is 1.44 bits per heavy atom. The lowest BCUT2D eigenvalue weighted by Crippen LogP contribution is -2.38. The molecule has 0 aromatic carbocycles. The molecule has 0 amide bonds. The topological polar surface area (TPSA) is 55.0 Å². The molecule has 1 saturated heterocycles. The van der Waals surface area contributed by atoms with E-state index in [4.69, 9.17) is 17.3 Å². The summed E-state index contributed by atoms with van der Waals surface area (Å²) in [4.78, 5) is 2.39. The van der Waals surface area contributed by atoms with Crippen molar-refractivity contribution in [1.29, 1.82) is 0 Å². The number of rotatable bonds is 3. The fourth-order valence-corrected chi connectivity index (χ4v) is 2.25. The third-order valence-corrected chi connectivity index (χ3v) is 3.21. The van der Waals surface area contributed by atoms with Gasteiger partial charge in [0.05, 0.1) is 5.69 Å². The summed E-state index contributed by atoms with van der Waals surface area (Å²) in [5.41, 5.74) is 6.68. The highest BCUT2D eigenvalue weighted by Gasteiger charge is 2.18. The van der Waals surface area contributed by atoms with Gasteiger partial charge in [-0.05, 0) is 44.0 Å². The van der Waals surface area contributed by atoms with Gasteiger partial charge in [0.1, 0.15) is 0 Å². The Balaban J connectivity index is 1.91. The molecule has 0 radical (unpaired) electrons. The quantitative estimate of drug-likeness (QED) is 0.866. The molecule has 1 aromatic rings. The van der Waals surface area contributed by atoms with Crippen LogP contribution in [0.25, 0.3) is 0 Å². The van der Waals surface area contributed by atoms with Crippen LogP contribution in [0, 0.1) is 5.92 Å². The number of nitrogens with two attached hydrogens (primary N) is 1. The number of likely N-dealkylation sites (tertiary alicyclic amines) is 1. The Kier molecular flexibility index (Phi) is 4.09. The number of nitrogens with zero attached hydrogens (tertiary/aromatic N) is 3. The van der Waals surface area contributed by atoms with E-state index < -0.39 is 0 Å². The lowest BCUT2D eigenvalue weighted by molar-refractivity contribution is 0.169. The van der Waals surface area contributed by atoms with Crippen molar-refractivity contribution in [2.45, 2.75) is 19.4 Å². The third-order valence-electron chi connectivity index (χ3n) is 3.01. The fraction of sp³-hybridized carbons (Fsp3) is 0.636. The van der Waals surface area contributed by atoms with E-state index in [1.165, 1.54) is 12.8 Å². The van der Waals surface area contributed by atoms with Gasteiger partial charge >= 0.3 is 0 Å². The zero-order chi connectivity index (χ0) is 11.4. The van der Waals surface area contributed by atoms with Crippen molar-refractivity contribution in [1.82, 2.24) is 15.1 Å². The largest absolute Gasteiger partial charge is 0.330 e. The molecule has 1 aromatic heterocycles. The average molecular weight is 241 g/mol. The van der Waals surface area contributed by atoms with Gasteiger partial charge in [0.25, 0.3) is 0 Å². The molecule has 2 N–H and O–H groups in total. The van der Waals surface area contributed by atoms with Crippen LogP contribution in [0.15, 0.2) is 12.1 Å². The number of aromatic nitrogens is 2. The van der Waals surface area contributed by atoms with Gasteiger partial charge in [0.15, 0.2) is 5.15 Å². The van der Waals surface area contributed by atoms with Crippen molar-refractivity contribution < 1.29 is 0 Å². The molecule has 5 heteroatoms. The highest BCUT2D eigenvalue weighted by atomic mass is 35.5. The van der Waals surface area contributed by atoms with Gasteiger partial charge in [-0.25, -0.2) is 0 Å². The Bertz CT molecular complexity index is 327. The third kappa shape index (κ3) is 3.14. The summed E-state index contributed by atoms with van der Waals surface area (Å²) >= 11 is 5.70. The monoisotopic (exact) mass is 240 g/mol. The summed E-state index contributed by atoms with van der Waals surface area (Å²) in [7, 11) is 0. The van der Waals surface area contributed by atoms with Crippen LogP contribution < -0.4 is 5.73 Å². The molecule has 0 unspecified atom stereocenters. The van der Waals surface area contributed by atoms with Crippen molar-refractivity contribution in [2.24, 2.45) is 11.7 Å². The van der Waals surface area contributed by atoms with Gasteiger partial charge in [0, 0.05) is 13.1 Å². The molecule has 0 saturated carbocycles. The molecular formula is C11H17ClN4. The van der Waals surface area contributed by atoms with Gasteiger partial charge in [0.2, 0.25) is 0 Å². The molecular weight excluding hydrogens is 224 g/mol. The average Bonchev–Trinajstić information content (AvgIpc) is 2.32. The van der Waals surface area contributed by atoms with Gasteiger partial charge in [-0.2, -0.15) is 5.10 Å². The van der Waals surface area contributed by atoms with Crippen LogP contribution in [0.1, 0.15) is 18.5 Å². The maximum atomic E-state index is 5.71. The molecule has 2 heterocycles. The second-order valence-corrected chi connectivity index (χ2v) is 4.71. The van der Waals surface area contributed by atoms with E-state index >= 15 is 0 Å². The van der Waals surface area contributed by atoms with E-state index in [1.54, 1.807) is 6.07 Å². The van der Waals surface area contributed by atoms with E-state index in [2.05, 4.69) is 15.1 Å². The van der Waals surface area contributed by atoms with Crippen molar-refractivity contribution in [3.8, 4) is 0 Å². The Labute approximate surface area is 101 Å². The van der Waals surface area contributed by atoms with E-state index in [0.717, 1.165) is 31.9 Å². The molecule has 1 aliphatic heterocycles. The SMILES string of the molecule is NC[C@H]1CCCN(Cc2ccc(Cl)nn2)C1. The summed E-state index contributed by atoms with van der Waals surface area (Å²) in [6.07, 6.45) is 2.47. The first-order valence-electron chi connectivity index (χ1n) is 5.68. The van der Waals surface area contributed by atoms with E-state index in [1.807, 2.05) is 6.07 Å². The van der Waals surface area contributed by atoms with E-state index in [9.17, 15) is 0 Å². The van der Waals surface area contributed by atoms with Crippen molar-refractivity contribution in [2.75, 3.05) is 19.6 Å². The molecule has 16 heavy (non-hydrogen) atoms. The molecule has 2 rings (SSSR count). The zero-order valence-corrected chi connectivity index (χ0v) is 10.0. The minimum atomic E-state index is 0.447. The summed E-state index contributed by atoms with van der Waals surface area (Å²) in [6, 6.07) is 3.72. The van der Waals surface area contributed by atoms with Crippen LogP contribution in [-0.4, -0.2) is 34.7 Å². The van der Waals surface area contributed by atoms with Crippen molar-refractivity contribution >= 4 is 11.6 Å². The molecule has 0 spiro atoms. The first kappa shape index (κ1) is 11.8. The van der Waals surface area contributed by atoms with Crippen molar-refractivity contribution in [3.63, 3.8) is 0 Å². The fourth-order valence-electron chi connectivity index (χ4n) is 2.14. The Hall–Kier alpha value is -0.710. The van der Waals surface area contributed by atoms with Crippen LogP contribution in [-0.2, 0) is 6.54 Å². The lowest BCUT2D eigenvalue weighted by Gasteiger charge is -2.31. The number of hydrogen-bond donors (Lipinski definition) is 1. The standard InChI is InChI=1S/C11H17ClN4/c12-11-4-3-10(14-15-11)8-16-5-1-2-9(6-13)7-16/h3-4,9H,1-2,5-8,13H2/t9-/m1/s1.